The predicted octanol–water partition coefficient (Wildman–Crippen LogP) is 5.10. The minimum atomic E-state index is -0.319. The molecule has 0 radical (unpaired) electrons. The zero-order valence-electron chi connectivity index (χ0n) is 16.2. The van der Waals surface area contributed by atoms with Crippen LogP contribution in [0.4, 0.5) is 0 Å². The molecule has 144 valence electrons. The van der Waals surface area contributed by atoms with Crippen molar-refractivity contribution in [2.24, 2.45) is 0 Å². The monoisotopic (exact) mass is 382 g/mol. The highest BCUT2D eigenvalue weighted by atomic mass is 16.3. The highest BCUT2D eigenvalue weighted by Crippen LogP contribution is 2.35. The van der Waals surface area contributed by atoms with Crippen molar-refractivity contribution in [2.45, 2.75) is 19.9 Å². The van der Waals surface area contributed by atoms with Crippen molar-refractivity contribution in [1.82, 2.24) is 10.3 Å². The number of fused-ring (bicyclic) bond motifs is 1. The zero-order valence-corrected chi connectivity index (χ0v) is 16.2. The van der Waals surface area contributed by atoms with Crippen molar-refractivity contribution >= 4 is 16.8 Å². The molecule has 1 amide bonds. The third-order valence-electron chi connectivity index (χ3n) is 4.99. The fourth-order valence-electron chi connectivity index (χ4n) is 3.46. The first-order valence-corrected chi connectivity index (χ1v) is 9.70. The molecule has 0 spiro atoms. The molecular formula is C25H22N2O2. The molecule has 2 N–H and O–H groups in total. The number of aromatic hydroxyl groups is 1. The summed E-state index contributed by atoms with van der Waals surface area (Å²) in [5.74, 6) is -0.421. The van der Waals surface area contributed by atoms with E-state index >= 15 is 0 Å². The van der Waals surface area contributed by atoms with Crippen LogP contribution in [0.5, 0.6) is 5.75 Å². The van der Waals surface area contributed by atoms with Crippen LogP contribution in [0.3, 0.4) is 0 Å². The maximum absolute atomic E-state index is 13.1. The van der Waals surface area contributed by atoms with E-state index in [0.29, 0.717) is 23.1 Å². The molecule has 0 unspecified atom stereocenters. The van der Waals surface area contributed by atoms with Crippen molar-refractivity contribution < 1.29 is 9.90 Å². The van der Waals surface area contributed by atoms with E-state index in [1.165, 1.54) is 5.56 Å². The van der Waals surface area contributed by atoms with Crippen LogP contribution < -0.4 is 5.32 Å². The Morgan fingerprint density at radius 1 is 0.931 bits per heavy atom. The molecule has 4 aromatic rings. The molecule has 4 rings (SSSR count). The number of rotatable bonds is 5. The van der Waals surface area contributed by atoms with E-state index in [2.05, 4.69) is 29.4 Å². The standard InChI is InChI=1S/C25H22N2O2/c1-2-17-9-8-10-18(15-17)16-26-25(29)22-20-13-6-7-14-21(20)27-23(24(22)28)19-11-4-3-5-12-19/h3-15,28H,2,16H2,1H3,(H,26,29). The quantitative estimate of drug-likeness (QED) is 0.505. The molecule has 1 aromatic heterocycles. The van der Waals surface area contributed by atoms with Crippen LogP contribution >= 0.6 is 0 Å². The van der Waals surface area contributed by atoms with Gasteiger partial charge in [0.1, 0.15) is 5.69 Å². The first-order valence-electron chi connectivity index (χ1n) is 9.70. The second-order valence-corrected chi connectivity index (χ2v) is 6.92. The average molecular weight is 382 g/mol. The Kier molecular flexibility index (Phi) is 5.25. The van der Waals surface area contributed by atoms with Crippen molar-refractivity contribution in [1.29, 1.82) is 0 Å². The second kappa shape index (κ2) is 8.15. The Bertz CT molecular complexity index is 1170. The number of carbonyl (C=O) groups is 1. The molecule has 0 aliphatic carbocycles. The highest BCUT2D eigenvalue weighted by molar-refractivity contribution is 6.10. The van der Waals surface area contributed by atoms with Gasteiger partial charge in [0.05, 0.1) is 11.1 Å². The van der Waals surface area contributed by atoms with E-state index in [4.69, 9.17) is 0 Å². The fourth-order valence-corrected chi connectivity index (χ4v) is 3.46. The molecule has 0 saturated carbocycles. The van der Waals surface area contributed by atoms with E-state index in [-0.39, 0.29) is 17.2 Å². The molecule has 4 heteroatoms. The van der Waals surface area contributed by atoms with Gasteiger partial charge in [0.25, 0.3) is 5.91 Å². The van der Waals surface area contributed by atoms with E-state index < -0.39 is 0 Å². The lowest BCUT2D eigenvalue weighted by atomic mass is 10.0. The maximum atomic E-state index is 13.1. The van der Waals surface area contributed by atoms with Crippen LogP contribution in [0.15, 0.2) is 78.9 Å². The topological polar surface area (TPSA) is 62.2 Å². The Balaban J connectivity index is 1.73. The third-order valence-corrected chi connectivity index (χ3v) is 4.99. The number of benzene rings is 3. The molecular weight excluding hydrogens is 360 g/mol. The predicted molar refractivity (Wildman–Crippen MR) is 116 cm³/mol. The minimum Gasteiger partial charge on any atom is -0.505 e. The number of hydrogen-bond donors (Lipinski definition) is 2. The number of nitrogens with zero attached hydrogens (tertiary/aromatic N) is 1. The van der Waals surface area contributed by atoms with Gasteiger partial charge in [0.2, 0.25) is 0 Å². The van der Waals surface area contributed by atoms with Crippen molar-refractivity contribution in [2.75, 3.05) is 0 Å². The van der Waals surface area contributed by atoms with Crippen molar-refractivity contribution in [3.63, 3.8) is 0 Å². The Hall–Kier alpha value is -3.66. The lowest BCUT2D eigenvalue weighted by molar-refractivity contribution is 0.0950. The average Bonchev–Trinajstić information content (AvgIpc) is 2.78. The molecule has 0 bridgehead atoms. The summed E-state index contributed by atoms with van der Waals surface area (Å²) in [7, 11) is 0. The number of carbonyl (C=O) groups excluding carboxylic acids is 1. The number of nitrogens with one attached hydrogen (secondary N) is 1. The molecule has 3 aromatic carbocycles. The zero-order chi connectivity index (χ0) is 20.2. The summed E-state index contributed by atoms with van der Waals surface area (Å²) >= 11 is 0. The van der Waals surface area contributed by atoms with E-state index in [9.17, 15) is 9.90 Å². The first-order chi connectivity index (χ1) is 14.2. The van der Waals surface area contributed by atoms with Crippen LogP contribution in [0, 0.1) is 0 Å². The molecule has 4 nitrogen and oxygen atoms in total. The minimum absolute atomic E-state index is 0.102. The summed E-state index contributed by atoms with van der Waals surface area (Å²) in [4.78, 5) is 17.7. The third kappa shape index (κ3) is 3.83. The Labute approximate surface area is 169 Å². The number of para-hydroxylation sites is 1. The number of amides is 1. The Morgan fingerprint density at radius 2 is 1.66 bits per heavy atom. The van der Waals surface area contributed by atoms with Gasteiger partial charge >= 0.3 is 0 Å². The fraction of sp³-hybridized carbons (Fsp3) is 0.120. The van der Waals surface area contributed by atoms with Gasteiger partial charge in [-0.15, -0.1) is 0 Å². The van der Waals surface area contributed by atoms with Crippen LogP contribution in [-0.2, 0) is 13.0 Å². The summed E-state index contributed by atoms with van der Waals surface area (Å²) in [6, 6.07) is 24.9. The smallest absolute Gasteiger partial charge is 0.256 e. The number of aryl methyl sites for hydroxylation is 1. The van der Waals surface area contributed by atoms with Gasteiger partial charge < -0.3 is 10.4 Å². The largest absolute Gasteiger partial charge is 0.505 e. The van der Waals surface area contributed by atoms with Gasteiger partial charge in [-0.1, -0.05) is 79.7 Å². The molecule has 0 atom stereocenters. The lowest BCUT2D eigenvalue weighted by Crippen LogP contribution is -2.23. The van der Waals surface area contributed by atoms with Gasteiger partial charge in [-0.2, -0.15) is 0 Å². The summed E-state index contributed by atoms with van der Waals surface area (Å²) in [6.07, 6.45) is 0.942. The van der Waals surface area contributed by atoms with Crippen LogP contribution in [0.2, 0.25) is 0 Å². The molecule has 1 heterocycles. The summed E-state index contributed by atoms with van der Waals surface area (Å²) in [6.45, 7) is 2.49. The second-order valence-electron chi connectivity index (χ2n) is 6.92. The van der Waals surface area contributed by atoms with Gasteiger partial charge in [0.15, 0.2) is 5.75 Å². The summed E-state index contributed by atoms with van der Waals surface area (Å²) < 4.78 is 0. The maximum Gasteiger partial charge on any atom is 0.256 e. The van der Waals surface area contributed by atoms with Crippen molar-refractivity contribution in [3.8, 4) is 17.0 Å². The van der Waals surface area contributed by atoms with Crippen LogP contribution in [-0.4, -0.2) is 16.0 Å². The number of hydrogen-bond acceptors (Lipinski definition) is 3. The van der Waals surface area contributed by atoms with Crippen LogP contribution in [0.25, 0.3) is 22.2 Å². The van der Waals surface area contributed by atoms with E-state index in [1.54, 1.807) is 0 Å². The first kappa shape index (κ1) is 18.7. The van der Waals surface area contributed by atoms with E-state index in [0.717, 1.165) is 17.5 Å². The normalized spacial score (nSPS) is 10.8. The summed E-state index contributed by atoms with van der Waals surface area (Å²) in [5.41, 5.74) is 4.34. The summed E-state index contributed by atoms with van der Waals surface area (Å²) in [5, 5.41) is 14.5. The molecule has 0 fully saturated rings. The number of aromatic nitrogens is 1. The number of pyridine rings is 1. The molecule has 29 heavy (non-hydrogen) atoms. The van der Waals surface area contributed by atoms with Gasteiger partial charge in [-0.05, 0) is 23.6 Å². The SMILES string of the molecule is CCc1cccc(CNC(=O)c2c(O)c(-c3ccccc3)nc3ccccc23)c1. The highest BCUT2D eigenvalue weighted by Gasteiger charge is 2.21. The molecule has 0 aliphatic rings. The van der Waals surface area contributed by atoms with Crippen molar-refractivity contribution in [3.05, 3.63) is 95.6 Å². The lowest BCUT2D eigenvalue weighted by Gasteiger charge is -2.14. The van der Waals surface area contributed by atoms with Crippen LogP contribution in [0.1, 0.15) is 28.4 Å². The van der Waals surface area contributed by atoms with Gasteiger partial charge in [-0.3, -0.25) is 4.79 Å². The van der Waals surface area contributed by atoms with Gasteiger partial charge in [0, 0.05) is 17.5 Å². The molecule has 0 saturated heterocycles. The Morgan fingerprint density at radius 3 is 2.45 bits per heavy atom. The van der Waals surface area contributed by atoms with Gasteiger partial charge in [-0.25, -0.2) is 4.98 Å². The molecule has 0 aliphatic heterocycles. The van der Waals surface area contributed by atoms with E-state index in [1.807, 2.05) is 66.7 Å².